The Labute approximate surface area is 152 Å². The zero-order valence-electron chi connectivity index (χ0n) is 13.9. The Kier molecular flexibility index (Phi) is 4.86. The number of hydrogen-bond donors (Lipinski definition) is 0. The summed E-state index contributed by atoms with van der Waals surface area (Å²) in [4.78, 5) is 11.9. The van der Waals surface area contributed by atoms with Crippen LogP contribution in [-0.4, -0.2) is 32.8 Å². The normalized spacial score (nSPS) is 16.7. The quantitative estimate of drug-likeness (QED) is 0.763. The Balaban J connectivity index is 2.00. The molecule has 1 aliphatic carbocycles. The van der Waals surface area contributed by atoms with Crippen LogP contribution in [0.2, 0.25) is 5.02 Å². The lowest BCUT2D eigenvalue weighted by Crippen LogP contribution is -2.30. The average molecular weight is 380 g/mol. The Morgan fingerprint density at radius 3 is 2.64 bits per heavy atom. The summed E-state index contributed by atoms with van der Waals surface area (Å²) in [5.41, 5.74) is 2.29. The maximum atomic E-state index is 13.0. The molecule has 7 heteroatoms. The van der Waals surface area contributed by atoms with Crippen LogP contribution >= 0.6 is 11.6 Å². The van der Waals surface area contributed by atoms with Crippen molar-refractivity contribution in [3.8, 4) is 0 Å². The highest BCUT2D eigenvalue weighted by Crippen LogP contribution is 2.39. The summed E-state index contributed by atoms with van der Waals surface area (Å²) in [5.74, 6) is -0.440. The van der Waals surface area contributed by atoms with E-state index in [0.29, 0.717) is 12.0 Å². The lowest BCUT2D eigenvalue weighted by atomic mass is 10.0. The first kappa shape index (κ1) is 17.9. The molecular weight excluding hydrogens is 362 g/mol. The van der Waals surface area contributed by atoms with Crippen molar-refractivity contribution in [3.05, 3.63) is 64.2 Å². The number of rotatable bonds is 4. The van der Waals surface area contributed by atoms with Gasteiger partial charge in [-0.2, -0.15) is 4.31 Å². The minimum Gasteiger partial charge on any atom is -0.465 e. The van der Waals surface area contributed by atoms with Gasteiger partial charge in [0.1, 0.15) is 4.90 Å². The van der Waals surface area contributed by atoms with Crippen molar-refractivity contribution in [2.45, 2.75) is 23.8 Å². The van der Waals surface area contributed by atoms with Crippen LogP contribution in [0, 0.1) is 0 Å². The van der Waals surface area contributed by atoms with Crippen molar-refractivity contribution in [1.82, 2.24) is 4.31 Å². The van der Waals surface area contributed by atoms with E-state index in [0.717, 1.165) is 17.5 Å². The number of esters is 1. The summed E-state index contributed by atoms with van der Waals surface area (Å²) in [7, 11) is -0.884. The Morgan fingerprint density at radius 2 is 1.96 bits per heavy atom. The van der Waals surface area contributed by atoms with Crippen LogP contribution in [-0.2, 0) is 21.2 Å². The smallest absolute Gasteiger partial charge is 0.337 e. The van der Waals surface area contributed by atoms with Crippen molar-refractivity contribution in [3.63, 3.8) is 0 Å². The van der Waals surface area contributed by atoms with E-state index in [-0.39, 0.29) is 16.0 Å². The Morgan fingerprint density at radius 1 is 1.24 bits per heavy atom. The van der Waals surface area contributed by atoms with Gasteiger partial charge in [-0.05, 0) is 48.2 Å². The molecule has 1 aliphatic rings. The molecule has 0 saturated carbocycles. The molecule has 2 aromatic rings. The average Bonchev–Trinajstić information content (AvgIpc) is 3.03. The molecule has 0 amide bonds. The third kappa shape index (κ3) is 3.17. The lowest BCUT2D eigenvalue weighted by molar-refractivity contribution is 0.0600. The van der Waals surface area contributed by atoms with E-state index in [2.05, 4.69) is 0 Å². The fourth-order valence-corrected chi connectivity index (χ4v) is 5.04. The monoisotopic (exact) mass is 379 g/mol. The molecule has 0 aliphatic heterocycles. The van der Waals surface area contributed by atoms with E-state index in [1.54, 1.807) is 37.4 Å². The summed E-state index contributed by atoms with van der Waals surface area (Å²) in [6.07, 6.45) is 1.41. The molecule has 0 aromatic heterocycles. The molecule has 0 radical (unpaired) electrons. The maximum Gasteiger partial charge on any atom is 0.337 e. The van der Waals surface area contributed by atoms with Crippen molar-refractivity contribution in [2.24, 2.45) is 0 Å². The Bertz CT molecular complexity index is 926. The zero-order valence-corrected chi connectivity index (χ0v) is 15.5. The van der Waals surface area contributed by atoms with Crippen LogP contribution in [0.25, 0.3) is 0 Å². The van der Waals surface area contributed by atoms with Crippen LogP contribution in [0.4, 0.5) is 0 Å². The molecule has 0 unspecified atom stereocenters. The predicted molar refractivity (Wildman–Crippen MR) is 95.2 cm³/mol. The fraction of sp³-hybridized carbons (Fsp3) is 0.278. The van der Waals surface area contributed by atoms with Crippen molar-refractivity contribution in [1.29, 1.82) is 0 Å². The number of nitrogens with zero attached hydrogens (tertiary/aromatic N) is 1. The standard InChI is InChI=1S/C18H18ClNO4S/c1-20(25(22,23)17-6-4-3-5-15(17)19)16-10-9-12-7-8-13(11-14(12)16)18(21)24-2/h3-8,11,16H,9-10H2,1-2H3/t16-/m1/s1. The van der Waals surface area contributed by atoms with Gasteiger partial charge >= 0.3 is 5.97 Å². The Hall–Kier alpha value is -1.89. The number of benzene rings is 2. The van der Waals surface area contributed by atoms with Gasteiger partial charge in [-0.15, -0.1) is 0 Å². The first-order valence-corrected chi connectivity index (χ1v) is 9.61. The molecule has 0 heterocycles. The third-order valence-electron chi connectivity index (χ3n) is 4.55. The topological polar surface area (TPSA) is 63.7 Å². The van der Waals surface area contributed by atoms with E-state index in [4.69, 9.17) is 16.3 Å². The molecule has 5 nitrogen and oxygen atoms in total. The van der Waals surface area contributed by atoms with Crippen molar-refractivity contribution in [2.75, 3.05) is 14.2 Å². The molecule has 0 N–H and O–H groups in total. The second-order valence-corrected chi connectivity index (χ2v) is 8.28. The third-order valence-corrected chi connectivity index (χ3v) is 6.91. The molecule has 0 fully saturated rings. The van der Waals surface area contributed by atoms with Crippen molar-refractivity contribution >= 4 is 27.6 Å². The number of aryl methyl sites for hydroxylation is 1. The largest absolute Gasteiger partial charge is 0.465 e. The summed E-state index contributed by atoms with van der Waals surface area (Å²) < 4.78 is 32.0. The highest BCUT2D eigenvalue weighted by Gasteiger charge is 2.34. The van der Waals surface area contributed by atoms with E-state index in [9.17, 15) is 13.2 Å². The molecule has 2 aromatic carbocycles. The van der Waals surface area contributed by atoms with Crippen LogP contribution in [0.1, 0.15) is 33.9 Å². The van der Waals surface area contributed by atoms with Gasteiger partial charge in [0.25, 0.3) is 0 Å². The molecule has 0 bridgehead atoms. The van der Waals surface area contributed by atoms with Gasteiger partial charge in [0.15, 0.2) is 0 Å². The summed E-state index contributed by atoms with van der Waals surface area (Å²) in [5, 5.41) is 0.191. The van der Waals surface area contributed by atoms with E-state index in [1.807, 2.05) is 6.07 Å². The summed E-state index contributed by atoms with van der Waals surface area (Å²) >= 11 is 6.08. The number of carbonyl (C=O) groups excluding carboxylic acids is 1. The second-order valence-electron chi connectivity index (χ2n) is 5.91. The number of sulfonamides is 1. The van der Waals surface area contributed by atoms with E-state index >= 15 is 0 Å². The number of methoxy groups -OCH3 is 1. The number of hydrogen-bond acceptors (Lipinski definition) is 4. The van der Waals surface area contributed by atoms with Crippen molar-refractivity contribution < 1.29 is 17.9 Å². The van der Waals surface area contributed by atoms with Crippen LogP contribution in [0.15, 0.2) is 47.4 Å². The molecule has 25 heavy (non-hydrogen) atoms. The molecular formula is C18H18ClNO4S. The second kappa shape index (κ2) is 6.78. The number of ether oxygens (including phenoxy) is 1. The minimum absolute atomic E-state index is 0.0803. The molecule has 1 atom stereocenters. The lowest BCUT2D eigenvalue weighted by Gasteiger charge is -2.25. The van der Waals surface area contributed by atoms with E-state index < -0.39 is 16.0 Å². The van der Waals surface area contributed by atoms with Gasteiger partial charge in [-0.25, -0.2) is 13.2 Å². The van der Waals surface area contributed by atoms with Crippen LogP contribution < -0.4 is 0 Å². The minimum atomic E-state index is -3.75. The molecule has 0 spiro atoms. The van der Waals surface area contributed by atoms with Gasteiger partial charge in [0.05, 0.1) is 23.7 Å². The number of fused-ring (bicyclic) bond motifs is 1. The number of halogens is 1. The van der Waals surface area contributed by atoms with E-state index in [1.165, 1.54) is 17.5 Å². The zero-order chi connectivity index (χ0) is 18.2. The first-order valence-electron chi connectivity index (χ1n) is 7.80. The van der Waals surface area contributed by atoms with Gasteiger partial charge in [-0.1, -0.05) is 29.8 Å². The van der Waals surface area contributed by atoms with Crippen LogP contribution in [0.5, 0.6) is 0 Å². The maximum absolute atomic E-state index is 13.0. The van der Waals surface area contributed by atoms with Gasteiger partial charge < -0.3 is 4.74 Å². The summed E-state index contributed by atoms with van der Waals surface area (Å²) in [6.45, 7) is 0. The highest BCUT2D eigenvalue weighted by atomic mass is 35.5. The van der Waals surface area contributed by atoms with Crippen LogP contribution in [0.3, 0.4) is 0 Å². The first-order chi connectivity index (χ1) is 11.9. The summed E-state index contributed by atoms with van der Waals surface area (Å²) in [6, 6.07) is 11.3. The predicted octanol–water partition coefficient (Wildman–Crippen LogP) is 3.43. The molecule has 132 valence electrons. The number of carbonyl (C=O) groups is 1. The fourth-order valence-electron chi connectivity index (χ4n) is 3.18. The van der Waals surface area contributed by atoms with Gasteiger partial charge in [0, 0.05) is 7.05 Å². The SMILES string of the molecule is COC(=O)c1ccc2c(c1)[C@H](N(C)S(=O)(=O)c1ccccc1Cl)CC2. The molecule has 0 saturated heterocycles. The molecule has 3 rings (SSSR count). The van der Waals surface area contributed by atoms with Gasteiger partial charge in [-0.3, -0.25) is 0 Å². The highest BCUT2D eigenvalue weighted by molar-refractivity contribution is 7.89. The van der Waals surface area contributed by atoms with Gasteiger partial charge in [0.2, 0.25) is 10.0 Å².